The van der Waals surface area contributed by atoms with Gasteiger partial charge in [0.1, 0.15) is 0 Å². The van der Waals surface area contributed by atoms with Crippen LogP contribution in [0.3, 0.4) is 0 Å². The molecule has 17 heavy (non-hydrogen) atoms. The van der Waals surface area contributed by atoms with Crippen LogP contribution in [0.4, 0.5) is 4.39 Å². The van der Waals surface area contributed by atoms with Crippen LogP contribution in [0.15, 0.2) is 18.5 Å². The Morgan fingerprint density at radius 2 is 2.24 bits per heavy atom. The van der Waals surface area contributed by atoms with Gasteiger partial charge in [0.25, 0.3) is 0 Å². The van der Waals surface area contributed by atoms with E-state index in [-0.39, 0.29) is 17.3 Å². The van der Waals surface area contributed by atoms with Crippen molar-refractivity contribution in [2.45, 2.75) is 39.0 Å². The monoisotopic (exact) mass is 235 g/mol. The van der Waals surface area contributed by atoms with Crippen LogP contribution in [0.5, 0.6) is 0 Å². The molecule has 0 N–H and O–H groups in total. The van der Waals surface area contributed by atoms with Crippen molar-refractivity contribution in [2.75, 3.05) is 0 Å². The van der Waals surface area contributed by atoms with E-state index in [1.165, 1.54) is 18.7 Å². The summed E-state index contributed by atoms with van der Waals surface area (Å²) in [5, 5.41) is 0. The fraction of sp³-hybridized carbons (Fsp3) is 0.571. The fourth-order valence-electron chi connectivity index (χ4n) is 2.82. The highest BCUT2D eigenvalue weighted by Crippen LogP contribution is 2.34. The van der Waals surface area contributed by atoms with Crippen LogP contribution in [0.25, 0.3) is 0 Å². The summed E-state index contributed by atoms with van der Waals surface area (Å²) in [7, 11) is 0. The first-order valence-electron chi connectivity index (χ1n) is 6.37. The Morgan fingerprint density at radius 3 is 2.94 bits per heavy atom. The predicted octanol–water partition coefficient (Wildman–Crippen LogP) is 3.62. The summed E-state index contributed by atoms with van der Waals surface area (Å²) in [6.45, 7) is 2.11. The van der Waals surface area contributed by atoms with Gasteiger partial charge >= 0.3 is 0 Å². The molecule has 1 aromatic heterocycles. The zero-order valence-electron chi connectivity index (χ0n) is 10.2. The van der Waals surface area contributed by atoms with Crippen molar-refractivity contribution in [2.24, 2.45) is 11.8 Å². The molecule has 0 spiro atoms. The van der Waals surface area contributed by atoms with E-state index in [0.29, 0.717) is 5.92 Å². The number of carbonyl (C=O) groups is 1. The van der Waals surface area contributed by atoms with Crippen molar-refractivity contribution in [3.63, 3.8) is 0 Å². The molecule has 1 aliphatic rings. The van der Waals surface area contributed by atoms with Gasteiger partial charge < -0.3 is 0 Å². The van der Waals surface area contributed by atoms with Gasteiger partial charge in [0.15, 0.2) is 11.6 Å². The molecular weight excluding hydrogens is 217 g/mol. The number of halogens is 1. The second-order valence-corrected chi connectivity index (χ2v) is 4.78. The number of pyridine rings is 1. The van der Waals surface area contributed by atoms with Gasteiger partial charge in [0.05, 0.1) is 11.8 Å². The summed E-state index contributed by atoms with van der Waals surface area (Å²) in [6.07, 6.45) is 7.89. The van der Waals surface area contributed by atoms with Crippen LogP contribution < -0.4 is 0 Å². The van der Waals surface area contributed by atoms with E-state index in [1.807, 2.05) is 0 Å². The van der Waals surface area contributed by atoms with Crippen LogP contribution in [-0.4, -0.2) is 10.8 Å². The molecule has 1 saturated carbocycles. The first-order chi connectivity index (χ1) is 8.24. The third kappa shape index (κ3) is 2.54. The lowest BCUT2D eigenvalue weighted by Crippen LogP contribution is -2.27. The van der Waals surface area contributed by atoms with Crippen LogP contribution in [0.2, 0.25) is 0 Å². The summed E-state index contributed by atoms with van der Waals surface area (Å²) in [5.41, 5.74) is 0.213. The zero-order chi connectivity index (χ0) is 12.3. The smallest absolute Gasteiger partial charge is 0.169 e. The highest BCUT2D eigenvalue weighted by molar-refractivity contribution is 5.98. The van der Waals surface area contributed by atoms with Gasteiger partial charge in [0.2, 0.25) is 0 Å². The lowest BCUT2D eigenvalue weighted by atomic mass is 9.74. The summed E-state index contributed by atoms with van der Waals surface area (Å²) in [6, 6.07) is 1.50. The largest absolute Gasteiger partial charge is 0.294 e. The minimum atomic E-state index is -0.488. The lowest BCUT2D eigenvalue weighted by molar-refractivity contribution is 0.0816. The van der Waals surface area contributed by atoms with Gasteiger partial charge in [-0.2, -0.15) is 0 Å². The van der Waals surface area contributed by atoms with Crippen molar-refractivity contribution in [3.05, 3.63) is 29.8 Å². The highest BCUT2D eigenvalue weighted by Gasteiger charge is 2.31. The van der Waals surface area contributed by atoms with Gasteiger partial charge in [0, 0.05) is 12.1 Å². The van der Waals surface area contributed by atoms with Gasteiger partial charge in [-0.25, -0.2) is 4.39 Å². The molecule has 1 fully saturated rings. The number of carbonyl (C=O) groups excluding carboxylic acids is 1. The fourth-order valence-corrected chi connectivity index (χ4v) is 2.82. The number of aromatic nitrogens is 1. The predicted molar refractivity (Wildman–Crippen MR) is 64.3 cm³/mol. The van der Waals surface area contributed by atoms with Crippen LogP contribution >= 0.6 is 0 Å². The molecule has 2 rings (SSSR count). The molecule has 0 aromatic carbocycles. The van der Waals surface area contributed by atoms with E-state index >= 15 is 0 Å². The lowest BCUT2D eigenvalue weighted by Gasteiger charge is -2.29. The molecule has 2 nitrogen and oxygen atoms in total. The van der Waals surface area contributed by atoms with Gasteiger partial charge in [-0.05, 0) is 24.8 Å². The molecule has 0 bridgehead atoms. The maximum absolute atomic E-state index is 13.5. The Morgan fingerprint density at radius 1 is 1.47 bits per heavy atom. The SMILES string of the molecule is CCC1CCCCC1C(=O)c1ccncc1F. The topological polar surface area (TPSA) is 30.0 Å². The summed E-state index contributed by atoms with van der Waals surface area (Å²) < 4.78 is 13.5. The molecule has 92 valence electrons. The second-order valence-electron chi connectivity index (χ2n) is 4.78. The average molecular weight is 235 g/mol. The standard InChI is InChI=1S/C14H18FNO/c1-2-10-5-3-4-6-11(10)14(17)12-7-8-16-9-13(12)15/h7-11H,2-6H2,1H3. The third-order valence-electron chi connectivity index (χ3n) is 3.81. The highest BCUT2D eigenvalue weighted by atomic mass is 19.1. The first kappa shape index (κ1) is 12.2. The quantitative estimate of drug-likeness (QED) is 0.749. The van der Waals surface area contributed by atoms with Gasteiger partial charge in [-0.3, -0.25) is 9.78 Å². The van der Waals surface area contributed by atoms with Crippen molar-refractivity contribution in [1.29, 1.82) is 0 Å². The molecule has 0 amide bonds. The van der Waals surface area contributed by atoms with Gasteiger partial charge in [-0.1, -0.05) is 26.2 Å². The maximum atomic E-state index is 13.5. The first-order valence-corrected chi connectivity index (χ1v) is 6.37. The Kier molecular flexibility index (Phi) is 3.87. The molecule has 2 unspecified atom stereocenters. The maximum Gasteiger partial charge on any atom is 0.169 e. The third-order valence-corrected chi connectivity index (χ3v) is 3.81. The molecule has 2 atom stereocenters. The van der Waals surface area contributed by atoms with Crippen LogP contribution in [-0.2, 0) is 0 Å². The van der Waals surface area contributed by atoms with Crippen molar-refractivity contribution in [1.82, 2.24) is 4.98 Å². The number of rotatable bonds is 3. The van der Waals surface area contributed by atoms with E-state index in [1.54, 1.807) is 0 Å². The van der Waals surface area contributed by atoms with Gasteiger partial charge in [-0.15, -0.1) is 0 Å². The Balaban J connectivity index is 2.21. The van der Waals surface area contributed by atoms with E-state index in [4.69, 9.17) is 0 Å². The Labute approximate surface area is 101 Å². The minimum Gasteiger partial charge on any atom is -0.294 e. The Hall–Kier alpha value is -1.25. The Bertz CT molecular complexity index is 405. The molecule has 0 saturated heterocycles. The zero-order valence-corrected chi connectivity index (χ0v) is 10.2. The summed E-state index contributed by atoms with van der Waals surface area (Å²) in [4.78, 5) is 16.0. The molecule has 0 radical (unpaired) electrons. The normalized spacial score (nSPS) is 24.6. The average Bonchev–Trinajstić information content (AvgIpc) is 2.38. The van der Waals surface area contributed by atoms with E-state index < -0.39 is 5.82 Å². The number of ketones is 1. The number of hydrogen-bond donors (Lipinski definition) is 0. The van der Waals surface area contributed by atoms with Crippen molar-refractivity contribution >= 4 is 5.78 Å². The molecule has 1 aliphatic carbocycles. The number of Topliss-reactive ketones (excluding diaryl/α,β-unsaturated/α-hetero) is 1. The molecule has 3 heteroatoms. The summed E-state index contributed by atoms with van der Waals surface area (Å²) in [5.74, 6) is -0.0937. The summed E-state index contributed by atoms with van der Waals surface area (Å²) >= 11 is 0. The molecule has 1 aromatic rings. The van der Waals surface area contributed by atoms with E-state index in [2.05, 4.69) is 11.9 Å². The van der Waals surface area contributed by atoms with E-state index in [0.717, 1.165) is 31.9 Å². The van der Waals surface area contributed by atoms with Crippen molar-refractivity contribution < 1.29 is 9.18 Å². The molecule has 1 heterocycles. The molecule has 0 aliphatic heterocycles. The number of hydrogen-bond acceptors (Lipinski definition) is 2. The minimum absolute atomic E-state index is 0.00523. The second kappa shape index (κ2) is 5.39. The van der Waals surface area contributed by atoms with Crippen LogP contribution in [0.1, 0.15) is 49.4 Å². The molecular formula is C14H18FNO. The van der Waals surface area contributed by atoms with Crippen molar-refractivity contribution in [3.8, 4) is 0 Å². The van der Waals surface area contributed by atoms with Crippen LogP contribution in [0, 0.1) is 17.7 Å². The number of nitrogens with zero attached hydrogens (tertiary/aromatic N) is 1. The van der Waals surface area contributed by atoms with E-state index in [9.17, 15) is 9.18 Å².